The molecule has 0 aliphatic carbocycles. The summed E-state index contributed by atoms with van der Waals surface area (Å²) in [5, 5.41) is 5.37. The number of ether oxygens (including phenoxy) is 1. The van der Waals surface area contributed by atoms with Crippen LogP contribution in [0, 0.1) is 0 Å². The average molecular weight is 356 g/mol. The van der Waals surface area contributed by atoms with Gasteiger partial charge in [-0.3, -0.25) is 4.57 Å². The van der Waals surface area contributed by atoms with Gasteiger partial charge in [0.2, 0.25) is 5.82 Å². The highest BCUT2D eigenvalue weighted by Crippen LogP contribution is 2.39. The Bertz CT molecular complexity index is 1180. The van der Waals surface area contributed by atoms with E-state index in [4.69, 9.17) is 9.15 Å². The maximum Gasteiger partial charge on any atom is 0.351 e. The molecule has 0 spiro atoms. The molecule has 0 bridgehead atoms. The van der Waals surface area contributed by atoms with E-state index in [-0.39, 0.29) is 11.3 Å². The SMILES string of the molecule is Cn1c(=O)n2nc(-c3ccco3)nc2c2c3c(sc21)COC(C)(C)C3. The van der Waals surface area contributed by atoms with Gasteiger partial charge in [0.15, 0.2) is 11.4 Å². The Morgan fingerprint density at radius 1 is 1.36 bits per heavy atom. The first kappa shape index (κ1) is 14.9. The second kappa shape index (κ2) is 4.80. The van der Waals surface area contributed by atoms with Crippen LogP contribution in [0.4, 0.5) is 0 Å². The molecule has 25 heavy (non-hydrogen) atoms. The van der Waals surface area contributed by atoms with Gasteiger partial charge >= 0.3 is 5.69 Å². The lowest BCUT2D eigenvalue weighted by atomic mass is 9.94. The minimum atomic E-state index is -0.240. The third-order valence-electron chi connectivity index (χ3n) is 4.61. The number of hydrogen-bond acceptors (Lipinski definition) is 6. The Labute approximate surface area is 146 Å². The summed E-state index contributed by atoms with van der Waals surface area (Å²) in [6.45, 7) is 4.72. The van der Waals surface area contributed by atoms with Crippen molar-refractivity contribution in [2.24, 2.45) is 7.05 Å². The van der Waals surface area contributed by atoms with Crippen molar-refractivity contribution in [3.63, 3.8) is 0 Å². The topological polar surface area (TPSA) is 74.6 Å². The Hall–Kier alpha value is -2.45. The van der Waals surface area contributed by atoms with Gasteiger partial charge in [-0.2, -0.15) is 4.52 Å². The van der Waals surface area contributed by atoms with Gasteiger partial charge in [-0.1, -0.05) is 0 Å². The second-order valence-electron chi connectivity index (χ2n) is 6.90. The van der Waals surface area contributed by atoms with Crippen molar-refractivity contribution in [2.45, 2.75) is 32.5 Å². The standard InChI is InChI=1S/C17H16N4O3S/c1-17(2)7-9-11(8-24-17)25-15-12(9)14-18-13(10-5-4-6-23-10)19-21(14)16(22)20(15)3/h4-6H,7-8H2,1-3H3. The monoisotopic (exact) mass is 356 g/mol. The van der Waals surface area contributed by atoms with Crippen molar-refractivity contribution in [3.8, 4) is 11.6 Å². The number of thiophene rings is 1. The molecule has 0 fully saturated rings. The molecule has 128 valence electrons. The van der Waals surface area contributed by atoms with Crippen LogP contribution in [0.1, 0.15) is 24.3 Å². The lowest BCUT2D eigenvalue weighted by Crippen LogP contribution is -2.31. The van der Waals surface area contributed by atoms with Crippen molar-refractivity contribution in [2.75, 3.05) is 0 Å². The number of hydrogen-bond donors (Lipinski definition) is 0. The smallest absolute Gasteiger partial charge is 0.351 e. The maximum atomic E-state index is 12.7. The second-order valence-corrected chi connectivity index (χ2v) is 7.98. The molecular formula is C17H16N4O3S. The molecule has 1 aliphatic heterocycles. The minimum Gasteiger partial charge on any atom is -0.461 e. The quantitative estimate of drug-likeness (QED) is 0.524. The summed E-state index contributed by atoms with van der Waals surface area (Å²) in [5.41, 5.74) is 1.33. The van der Waals surface area contributed by atoms with Crippen LogP contribution < -0.4 is 5.69 Å². The Morgan fingerprint density at radius 3 is 2.96 bits per heavy atom. The van der Waals surface area contributed by atoms with E-state index in [1.165, 1.54) is 10.1 Å². The van der Waals surface area contributed by atoms with E-state index in [2.05, 4.69) is 23.9 Å². The largest absolute Gasteiger partial charge is 0.461 e. The molecule has 0 unspecified atom stereocenters. The molecule has 5 rings (SSSR count). The summed E-state index contributed by atoms with van der Waals surface area (Å²) in [4.78, 5) is 19.4. The fourth-order valence-electron chi connectivity index (χ4n) is 3.35. The minimum absolute atomic E-state index is 0.216. The molecule has 8 heteroatoms. The molecule has 0 atom stereocenters. The summed E-state index contributed by atoms with van der Waals surface area (Å²) in [7, 11) is 1.77. The van der Waals surface area contributed by atoms with Crippen LogP contribution in [0.2, 0.25) is 0 Å². The summed E-state index contributed by atoms with van der Waals surface area (Å²) >= 11 is 1.60. The normalized spacial score (nSPS) is 16.6. The predicted molar refractivity (Wildman–Crippen MR) is 93.9 cm³/mol. The number of furan rings is 1. The molecule has 5 heterocycles. The molecular weight excluding hydrogens is 340 g/mol. The van der Waals surface area contributed by atoms with Crippen LogP contribution in [0.15, 0.2) is 27.6 Å². The number of fused-ring (bicyclic) bond motifs is 5. The van der Waals surface area contributed by atoms with Crippen LogP contribution in [0.25, 0.3) is 27.4 Å². The fourth-order valence-corrected chi connectivity index (χ4v) is 4.53. The zero-order chi connectivity index (χ0) is 17.3. The lowest BCUT2D eigenvalue weighted by molar-refractivity contribution is -0.0379. The Kier molecular flexibility index (Phi) is 2.85. The lowest BCUT2D eigenvalue weighted by Gasteiger charge is -2.30. The Balaban J connectivity index is 1.90. The molecule has 0 aromatic carbocycles. The van der Waals surface area contributed by atoms with Crippen molar-refractivity contribution >= 4 is 27.2 Å². The molecule has 4 aromatic heterocycles. The van der Waals surface area contributed by atoms with Gasteiger partial charge in [0.1, 0.15) is 4.83 Å². The molecule has 0 saturated heterocycles. The highest BCUT2D eigenvalue weighted by molar-refractivity contribution is 7.19. The zero-order valence-corrected chi connectivity index (χ0v) is 14.9. The van der Waals surface area contributed by atoms with E-state index in [0.717, 1.165) is 21.5 Å². The zero-order valence-electron chi connectivity index (χ0n) is 14.1. The van der Waals surface area contributed by atoms with E-state index >= 15 is 0 Å². The van der Waals surface area contributed by atoms with Crippen molar-refractivity contribution in [1.29, 1.82) is 0 Å². The number of rotatable bonds is 1. The maximum absolute atomic E-state index is 12.7. The van der Waals surface area contributed by atoms with Crippen LogP contribution in [-0.4, -0.2) is 24.8 Å². The molecule has 0 radical (unpaired) electrons. The van der Waals surface area contributed by atoms with Gasteiger partial charge in [-0.25, -0.2) is 9.78 Å². The third-order valence-corrected chi connectivity index (χ3v) is 5.90. The number of nitrogens with zero attached hydrogens (tertiary/aromatic N) is 4. The van der Waals surface area contributed by atoms with Gasteiger partial charge in [-0.15, -0.1) is 16.4 Å². The van der Waals surface area contributed by atoms with Gasteiger partial charge in [0, 0.05) is 18.3 Å². The first-order valence-corrected chi connectivity index (χ1v) is 8.84. The molecule has 4 aromatic rings. The number of aromatic nitrogens is 4. The third kappa shape index (κ3) is 2.04. The first-order valence-electron chi connectivity index (χ1n) is 8.02. The first-order chi connectivity index (χ1) is 11.9. The van der Waals surface area contributed by atoms with Gasteiger partial charge in [0.05, 0.1) is 23.9 Å². The summed E-state index contributed by atoms with van der Waals surface area (Å²) < 4.78 is 14.3. The van der Waals surface area contributed by atoms with Gasteiger partial charge in [-0.05, 0) is 31.5 Å². The average Bonchev–Trinajstić information content (AvgIpc) is 3.28. The van der Waals surface area contributed by atoms with Crippen LogP contribution in [-0.2, 0) is 24.8 Å². The summed E-state index contributed by atoms with van der Waals surface area (Å²) in [6.07, 6.45) is 2.35. The van der Waals surface area contributed by atoms with E-state index < -0.39 is 0 Å². The molecule has 0 saturated carbocycles. The molecule has 1 aliphatic rings. The van der Waals surface area contributed by atoms with Crippen LogP contribution in [0.3, 0.4) is 0 Å². The highest BCUT2D eigenvalue weighted by Gasteiger charge is 2.31. The molecule has 0 amide bonds. The van der Waals surface area contributed by atoms with E-state index in [1.54, 1.807) is 41.3 Å². The fraction of sp³-hybridized carbons (Fsp3) is 0.353. The van der Waals surface area contributed by atoms with Crippen molar-refractivity contribution in [1.82, 2.24) is 19.2 Å². The van der Waals surface area contributed by atoms with E-state index in [9.17, 15) is 4.79 Å². The summed E-state index contributed by atoms with van der Waals surface area (Å²) in [6, 6.07) is 3.57. The van der Waals surface area contributed by atoms with Crippen LogP contribution in [0.5, 0.6) is 0 Å². The van der Waals surface area contributed by atoms with Gasteiger partial charge < -0.3 is 9.15 Å². The van der Waals surface area contributed by atoms with Gasteiger partial charge in [0.25, 0.3) is 0 Å². The van der Waals surface area contributed by atoms with E-state index in [1.807, 2.05) is 0 Å². The van der Waals surface area contributed by atoms with Crippen LogP contribution >= 0.6 is 11.3 Å². The van der Waals surface area contributed by atoms with Crippen molar-refractivity contribution < 1.29 is 9.15 Å². The highest BCUT2D eigenvalue weighted by atomic mass is 32.1. The van der Waals surface area contributed by atoms with Crippen molar-refractivity contribution in [3.05, 3.63) is 39.3 Å². The Morgan fingerprint density at radius 2 is 2.20 bits per heavy atom. The van der Waals surface area contributed by atoms with E-state index in [0.29, 0.717) is 23.8 Å². The predicted octanol–water partition coefficient (Wildman–Crippen LogP) is 2.75. The molecule has 7 nitrogen and oxygen atoms in total. The summed E-state index contributed by atoms with van der Waals surface area (Å²) in [5.74, 6) is 0.965. The molecule has 0 N–H and O–H groups in total. The number of aryl methyl sites for hydroxylation is 1.